The first-order valence-electron chi connectivity index (χ1n) is 6.73. The molecule has 0 bridgehead atoms. The summed E-state index contributed by atoms with van der Waals surface area (Å²) in [6, 6.07) is 3.52. The number of hydrogen-bond acceptors (Lipinski definition) is 5. The lowest BCUT2D eigenvalue weighted by molar-refractivity contribution is -0.360. The van der Waals surface area contributed by atoms with Crippen molar-refractivity contribution in [2.45, 2.75) is 37.8 Å². The first-order chi connectivity index (χ1) is 11.0. The lowest BCUT2D eigenvalue weighted by Crippen LogP contribution is -2.41. The van der Waals surface area contributed by atoms with Gasteiger partial charge in [-0.1, -0.05) is 12.1 Å². The highest BCUT2D eigenvalue weighted by molar-refractivity contribution is 5.70. The summed E-state index contributed by atoms with van der Waals surface area (Å²) in [6.07, 6.45) is -14.9. The largest absolute Gasteiger partial charge is 0.499 e. The third-order valence-corrected chi connectivity index (χ3v) is 2.84. The zero-order chi connectivity index (χ0) is 18.5. The van der Waals surface area contributed by atoms with E-state index in [4.69, 9.17) is 0 Å². The van der Waals surface area contributed by atoms with E-state index in [0.717, 1.165) is 24.3 Å². The molecule has 10 heteroatoms. The number of halogens is 5. The van der Waals surface area contributed by atoms with Crippen LogP contribution in [0.3, 0.4) is 0 Å². The Morgan fingerprint density at radius 1 is 1.12 bits per heavy atom. The van der Waals surface area contributed by atoms with Gasteiger partial charge in [0.2, 0.25) is 0 Å². The van der Waals surface area contributed by atoms with Crippen LogP contribution in [0.2, 0.25) is 0 Å². The monoisotopic (exact) mass is 358 g/mol. The van der Waals surface area contributed by atoms with Crippen LogP contribution in [0.15, 0.2) is 24.3 Å². The molecule has 1 rings (SSSR count). The van der Waals surface area contributed by atoms with Crippen LogP contribution in [0, 0.1) is 0 Å². The normalized spacial score (nSPS) is 14.8. The lowest BCUT2D eigenvalue weighted by atomic mass is 10.0. The smallest absolute Gasteiger partial charge is 0.466 e. The van der Waals surface area contributed by atoms with Crippen LogP contribution in [0.5, 0.6) is 5.75 Å². The molecular weight excluding hydrogens is 343 g/mol. The average molecular weight is 358 g/mol. The number of aliphatic hydroxyl groups is 2. The number of ether oxygens (including phenoxy) is 2. The summed E-state index contributed by atoms with van der Waals surface area (Å²) in [5.41, 5.74) is -0.00512. The van der Waals surface area contributed by atoms with Gasteiger partial charge in [0.15, 0.2) is 0 Å². The van der Waals surface area contributed by atoms with Gasteiger partial charge < -0.3 is 19.7 Å². The maximum Gasteiger partial charge on any atom is 0.499 e. The fourth-order valence-corrected chi connectivity index (χ4v) is 1.66. The number of alkyl halides is 5. The van der Waals surface area contributed by atoms with E-state index in [2.05, 4.69) is 9.47 Å². The van der Waals surface area contributed by atoms with Gasteiger partial charge in [-0.25, -0.2) is 0 Å². The van der Waals surface area contributed by atoms with Gasteiger partial charge in [0, 0.05) is 0 Å². The van der Waals surface area contributed by atoms with Crippen LogP contribution < -0.4 is 4.74 Å². The molecule has 0 aliphatic heterocycles. The summed E-state index contributed by atoms with van der Waals surface area (Å²) in [5.74, 6) is -1.54. The second-order valence-corrected chi connectivity index (χ2v) is 4.71. The van der Waals surface area contributed by atoms with Crippen molar-refractivity contribution in [3.05, 3.63) is 29.8 Å². The second-order valence-electron chi connectivity index (χ2n) is 4.71. The second kappa shape index (κ2) is 7.75. The molecule has 5 nitrogen and oxygen atoms in total. The highest BCUT2D eigenvalue weighted by Gasteiger charge is 2.61. The number of rotatable bonds is 7. The molecule has 1 aromatic carbocycles. The average Bonchev–Trinajstić information content (AvgIpc) is 2.45. The minimum atomic E-state index is -5.87. The van der Waals surface area contributed by atoms with Crippen LogP contribution in [0.25, 0.3) is 0 Å². The molecule has 0 radical (unpaired) electrons. The van der Waals surface area contributed by atoms with E-state index in [1.165, 1.54) is 0 Å². The standard InChI is InChI=1S/C14H15F5O5/c1-2-23-11(21)7-10(20)12(22)8-3-5-9(6-4-8)24-14(18,19)13(15,16)17/h3-6,10,12,20,22H,2,7H2,1H3. The number of esters is 1. The lowest BCUT2D eigenvalue weighted by Gasteiger charge is -2.21. The maximum absolute atomic E-state index is 12.7. The Balaban J connectivity index is 2.75. The predicted molar refractivity (Wildman–Crippen MR) is 70.3 cm³/mol. The van der Waals surface area contributed by atoms with Gasteiger partial charge in [0.05, 0.1) is 19.1 Å². The summed E-state index contributed by atoms with van der Waals surface area (Å²) in [7, 11) is 0. The first kappa shape index (κ1) is 20.1. The van der Waals surface area contributed by atoms with Gasteiger partial charge >= 0.3 is 18.3 Å². The summed E-state index contributed by atoms with van der Waals surface area (Å²) in [6.45, 7) is 1.64. The number of hydrogen-bond donors (Lipinski definition) is 2. The quantitative estimate of drug-likeness (QED) is 0.579. The highest BCUT2D eigenvalue weighted by Crippen LogP contribution is 2.37. The maximum atomic E-state index is 12.7. The molecule has 0 aliphatic carbocycles. The number of aliphatic hydroxyl groups excluding tert-OH is 2. The minimum absolute atomic E-state index is 0.00512. The molecule has 0 saturated heterocycles. The van der Waals surface area contributed by atoms with E-state index < -0.39 is 42.6 Å². The Bertz CT molecular complexity index is 543. The number of benzene rings is 1. The highest BCUT2D eigenvalue weighted by atomic mass is 19.4. The Kier molecular flexibility index (Phi) is 6.50. The van der Waals surface area contributed by atoms with Crippen molar-refractivity contribution in [2.24, 2.45) is 0 Å². The fourth-order valence-electron chi connectivity index (χ4n) is 1.66. The predicted octanol–water partition coefficient (Wildman–Crippen LogP) is 2.57. The molecular formula is C14H15F5O5. The molecule has 24 heavy (non-hydrogen) atoms. The molecule has 0 saturated carbocycles. The van der Waals surface area contributed by atoms with Gasteiger partial charge in [-0.3, -0.25) is 4.79 Å². The molecule has 0 spiro atoms. The van der Waals surface area contributed by atoms with Crippen molar-refractivity contribution in [1.82, 2.24) is 0 Å². The van der Waals surface area contributed by atoms with Gasteiger partial charge in [-0.15, -0.1) is 0 Å². The molecule has 0 aliphatic rings. The SMILES string of the molecule is CCOC(=O)CC(O)C(O)c1ccc(OC(F)(F)C(F)(F)F)cc1. The van der Waals surface area contributed by atoms with Crippen LogP contribution >= 0.6 is 0 Å². The van der Waals surface area contributed by atoms with Crippen molar-refractivity contribution in [1.29, 1.82) is 0 Å². The zero-order valence-electron chi connectivity index (χ0n) is 12.4. The molecule has 0 aromatic heterocycles. The van der Waals surface area contributed by atoms with Crippen molar-refractivity contribution in [2.75, 3.05) is 6.61 Å². The van der Waals surface area contributed by atoms with Crippen LogP contribution in [-0.2, 0) is 9.53 Å². The Hall–Kier alpha value is -1.94. The van der Waals surface area contributed by atoms with Gasteiger partial charge in [-0.2, -0.15) is 22.0 Å². The number of carbonyl (C=O) groups excluding carboxylic acids is 1. The van der Waals surface area contributed by atoms with Crippen molar-refractivity contribution < 1.29 is 46.4 Å². The van der Waals surface area contributed by atoms with E-state index in [9.17, 15) is 37.0 Å². The van der Waals surface area contributed by atoms with E-state index >= 15 is 0 Å². The molecule has 136 valence electrons. The fraction of sp³-hybridized carbons (Fsp3) is 0.500. The van der Waals surface area contributed by atoms with Crippen LogP contribution in [0.4, 0.5) is 22.0 Å². The van der Waals surface area contributed by atoms with Crippen molar-refractivity contribution >= 4 is 5.97 Å². The topological polar surface area (TPSA) is 76.0 Å². The Morgan fingerprint density at radius 3 is 2.12 bits per heavy atom. The summed E-state index contributed by atoms with van der Waals surface area (Å²) in [5, 5.41) is 19.5. The molecule has 1 aromatic rings. The molecule has 2 unspecified atom stereocenters. The molecule has 2 N–H and O–H groups in total. The molecule has 0 fully saturated rings. The molecule has 2 atom stereocenters. The third-order valence-electron chi connectivity index (χ3n) is 2.84. The van der Waals surface area contributed by atoms with E-state index in [-0.39, 0.29) is 12.2 Å². The molecule has 0 amide bonds. The third kappa shape index (κ3) is 5.31. The Morgan fingerprint density at radius 2 is 1.67 bits per heavy atom. The first-order valence-corrected chi connectivity index (χ1v) is 6.73. The van der Waals surface area contributed by atoms with E-state index in [1.54, 1.807) is 6.92 Å². The van der Waals surface area contributed by atoms with Gasteiger partial charge in [0.25, 0.3) is 0 Å². The van der Waals surface area contributed by atoms with E-state index in [0.29, 0.717) is 0 Å². The van der Waals surface area contributed by atoms with Gasteiger partial charge in [0.1, 0.15) is 11.9 Å². The Labute approximate surface area is 133 Å². The van der Waals surface area contributed by atoms with Crippen molar-refractivity contribution in [3.8, 4) is 5.75 Å². The van der Waals surface area contributed by atoms with Crippen LogP contribution in [-0.4, -0.2) is 41.2 Å². The summed E-state index contributed by atoms with van der Waals surface area (Å²) < 4.78 is 69.7. The van der Waals surface area contributed by atoms with E-state index in [1.807, 2.05) is 0 Å². The van der Waals surface area contributed by atoms with Gasteiger partial charge in [-0.05, 0) is 24.6 Å². The van der Waals surface area contributed by atoms with Crippen LogP contribution in [0.1, 0.15) is 25.0 Å². The summed E-state index contributed by atoms with van der Waals surface area (Å²) in [4.78, 5) is 11.2. The van der Waals surface area contributed by atoms with Crippen molar-refractivity contribution in [3.63, 3.8) is 0 Å². The zero-order valence-corrected chi connectivity index (χ0v) is 12.4. The minimum Gasteiger partial charge on any atom is -0.466 e. The summed E-state index contributed by atoms with van der Waals surface area (Å²) >= 11 is 0. The molecule has 0 heterocycles. The number of carbonyl (C=O) groups is 1.